The molecule has 17 heavy (non-hydrogen) atoms. The molecule has 1 fully saturated rings. The van der Waals surface area contributed by atoms with Crippen molar-refractivity contribution in [1.82, 2.24) is 9.78 Å². The Labute approximate surface area is 104 Å². The first kappa shape index (κ1) is 12.4. The summed E-state index contributed by atoms with van der Waals surface area (Å²) in [5.41, 5.74) is -0.468. The molecular weight excluding hydrogens is 242 g/mol. The van der Waals surface area contributed by atoms with Gasteiger partial charge >= 0.3 is 0 Å². The van der Waals surface area contributed by atoms with Crippen molar-refractivity contribution < 1.29 is 5.11 Å². The number of aliphatic hydroxyl groups is 1. The second kappa shape index (κ2) is 4.66. The molecule has 0 bridgehead atoms. The van der Waals surface area contributed by atoms with E-state index in [2.05, 4.69) is 10.4 Å². The third-order valence-corrected chi connectivity index (χ3v) is 3.54. The third-order valence-electron chi connectivity index (χ3n) is 3.18. The molecule has 0 atom stereocenters. The van der Waals surface area contributed by atoms with Gasteiger partial charge in [0.05, 0.1) is 17.5 Å². The van der Waals surface area contributed by atoms with Crippen LogP contribution in [-0.2, 0) is 6.54 Å². The van der Waals surface area contributed by atoms with Gasteiger partial charge in [-0.2, -0.15) is 5.10 Å². The molecule has 2 rings (SSSR count). The van der Waals surface area contributed by atoms with Crippen LogP contribution in [-0.4, -0.2) is 27.0 Å². The molecule has 2 N–H and O–H groups in total. The summed E-state index contributed by atoms with van der Waals surface area (Å²) in [4.78, 5) is 11.7. The van der Waals surface area contributed by atoms with Crippen molar-refractivity contribution in [1.29, 1.82) is 0 Å². The maximum atomic E-state index is 11.7. The molecule has 0 spiro atoms. The van der Waals surface area contributed by atoms with E-state index in [1.165, 1.54) is 10.9 Å². The van der Waals surface area contributed by atoms with Crippen LogP contribution in [0.5, 0.6) is 0 Å². The van der Waals surface area contributed by atoms with Gasteiger partial charge in [-0.3, -0.25) is 4.79 Å². The van der Waals surface area contributed by atoms with Crippen LogP contribution in [0.1, 0.15) is 26.2 Å². The molecule has 0 unspecified atom stereocenters. The minimum Gasteiger partial charge on any atom is -0.388 e. The highest BCUT2D eigenvalue weighted by molar-refractivity contribution is 6.32. The van der Waals surface area contributed by atoms with E-state index in [4.69, 9.17) is 11.6 Å². The molecule has 6 heteroatoms. The van der Waals surface area contributed by atoms with Gasteiger partial charge in [-0.25, -0.2) is 4.68 Å². The summed E-state index contributed by atoms with van der Waals surface area (Å²) in [6.07, 6.45) is 4.14. The average Bonchev–Trinajstić information content (AvgIpc) is 2.29. The zero-order valence-electron chi connectivity index (χ0n) is 9.74. The SMILES string of the molecule is CCn1ncc(NCC2(O)CCC2)c(Cl)c1=O. The Balaban J connectivity index is 2.11. The number of hydrogen-bond donors (Lipinski definition) is 2. The zero-order valence-corrected chi connectivity index (χ0v) is 10.5. The van der Waals surface area contributed by atoms with Crippen LogP contribution < -0.4 is 10.9 Å². The van der Waals surface area contributed by atoms with E-state index in [0.29, 0.717) is 18.8 Å². The summed E-state index contributed by atoms with van der Waals surface area (Å²) in [6, 6.07) is 0. The van der Waals surface area contributed by atoms with E-state index in [1.807, 2.05) is 6.92 Å². The maximum absolute atomic E-state index is 11.7. The number of hydrogen-bond acceptors (Lipinski definition) is 4. The first-order valence-electron chi connectivity index (χ1n) is 5.77. The number of nitrogens with one attached hydrogen (secondary N) is 1. The second-order valence-corrected chi connectivity index (χ2v) is 4.80. The third kappa shape index (κ3) is 2.45. The van der Waals surface area contributed by atoms with Gasteiger partial charge in [0.1, 0.15) is 5.02 Å². The molecule has 1 aromatic rings. The monoisotopic (exact) mass is 257 g/mol. The highest BCUT2D eigenvalue weighted by atomic mass is 35.5. The minimum absolute atomic E-state index is 0.129. The zero-order chi connectivity index (χ0) is 12.5. The standard InChI is InChI=1S/C11H16ClN3O2/c1-2-15-10(16)9(12)8(6-14-15)13-7-11(17)4-3-5-11/h6,13,17H,2-5,7H2,1H3. The molecule has 94 valence electrons. The van der Waals surface area contributed by atoms with Crippen LogP contribution in [0.3, 0.4) is 0 Å². The Hall–Kier alpha value is -1.07. The van der Waals surface area contributed by atoms with E-state index < -0.39 is 5.60 Å². The molecule has 0 radical (unpaired) electrons. The van der Waals surface area contributed by atoms with E-state index in [1.54, 1.807) is 0 Å². The van der Waals surface area contributed by atoms with Crippen LogP contribution >= 0.6 is 11.6 Å². The number of anilines is 1. The van der Waals surface area contributed by atoms with E-state index in [0.717, 1.165) is 19.3 Å². The van der Waals surface area contributed by atoms with Crippen molar-refractivity contribution in [3.05, 3.63) is 21.6 Å². The van der Waals surface area contributed by atoms with Crippen molar-refractivity contribution in [2.45, 2.75) is 38.3 Å². The van der Waals surface area contributed by atoms with Crippen molar-refractivity contribution in [3.63, 3.8) is 0 Å². The molecule has 1 heterocycles. The van der Waals surface area contributed by atoms with Crippen LogP contribution in [0, 0.1) is 0 Å². The summed E-state index contributed by atoms with van der Waals surface area (Å²) >= 11 is 5.95. The molecule has 1 aliphatic rings. The predicted molar refractivity (Wildman–Crippen MR) is 66.5 cm³/mol. The Morgan fingerprint density at radius 1 is 1.65 bits per heavy atom. The normalized spacial score (nSPS) is 17.6. The Kier molecular flexibility index (Phi) is 3.40. The molecule has 5 nitrogen and oxygen atoms in total. The van der Waals surface area contributed by atoms with Gasteiger partial charge < -0.3 is 10.4 Å². The fourth-order valence-corrected chi connectivity index (χ4v) is 2.05. The molecular formula is C11H16ClN3O2. The van der Waals surface area contributed by atoms with Gasteiger partial charge in [-0.1, -0.05) is 11.6 Å². The highest BCUT2D eigenvalue weighted by Gasteiger charge is 2.34. The lowest BCUT2D eigenvalue weighted by Gasteiger charge is -2.36. The van der Waals surface area contributed by atoms with E-state index >= 15 is 0 Å². The van der Waals surface area contributed by atoms with Crippen LogP contribution in [0.15, 0.2) is 11.0 Å². The molecule has 1 saturated carbocycles. The molecule has 1 aliphatic carbocycles. The van der Waals surface area contributed by atoms with Crippen LogP contribution in [0.25, 0.3) is 0 Å². The second-order valence-electron chi connectivity index (χ2n) is 4.42. The van der Waals surface area contributed by atoms with Crippen molar-refractivity contribution in [3.8, 4) is 0 Å². The lowest BCUT2D eigenvalue weighted by Crippen LogP contribution is -2.43. The Morgan fingerprint density at radius 3 is 2.88 bits per heavy atom. The van der Waals surface area contributed by atoms with Gasteiger partial charge in [0, 0.05) is 13.1 Å². The first-order valence-corrected chi connectivity index (χ1v) is 6.15. The summed E-state index contributed by atoms with van der Waals surface area (Å²) in [6.45, 7) is 2.72. The summed E-state index contributed by atoms with van der Waals surface area (Å²) in [5, 5.41) is 17.0. The topological polar surface area (TPSA) is 67.2 Å². The smallest absolute Gasteiger partial charge is 0.287 e. The van der Waals surface area contributed by atoms with Gasteiger partial charge in [0.15, 0.2) is 0 Å². The fourth-order valence-electron chi connectivity index (χ4n) is 1.83. The maximum Gasteiger partial charge on any atom is 0.287 e. The summed E-state index contributed by atoms with van der Waals surface area (Å²) in [5.74, 6) is 0. The molecule has 1 aromatic heterocycles. The highest BCUT2D eigenvalue weighted by Crippen LogP contribution is 2.31. The number of aryl methyl sites for hydroxylation is 1. The molecule has 0 aromatic carbocycles. The fraction of sp³-hybridized carbons (Fsp3) is 0.636. The van der Waals surface area contributed by atoms with Gasteiger partial charge in [-0.15, -0.1) is 0 Å². The van der Waals surface area contributed by atoms with Crippen LogP contribution in [0.2, 0.25) is 5.02 Å². The van der Waals surface area contributed by atoms with Gasteiger partial charge in [0.25, 0.3) is 5.56 Å². The lowest BCUT2D eigenvalue weighted by atomic mass is 9.80. The molecule has 0 amide bonds. The summed E-state index contributed by atoms with van der Waals surface area (Å²) in [7, 11) is 0. The number of aromatic nitrogens is 2. The van der Waals surface area contributed by atoms with Gasteiger partial charge in [-0.05, 0) is 26.2 Å². The quantitative estimate of drug-likeness (QED) is 0.852. The van der Waals surface area contributed by atoms with Crippen molar-refractivity contribution in [2.24, 2.45) is 0 Å². The lowest BCUT2D eigenvalue weighted by molar-refractivity contribution is -0.0202. The van der Waals surface area contributed by atoms with Crippen molar-refractivity contribution in [2.75, 3.05) is 11.9 Å². The molecule has 0 aliphatic heterocycles. The minimum atomic E-state index is -0.650. The number of nitrogens with zero attached hydrogens (tertiary/aromatic N) is 2. The molecule has 0 saturated heterocycles. The van der Waals surface area contributed by atoms with E-state index in [-0.39, 0.29) is 10.6 Å². The Bertz CT molecular complexity index is 468. The first-order chi connectivity index (χ1) is 8.06. The van der Waals surface area contributed by atoms with Gasteiger partial charge in [0.2, 0.25) is 0 Å². The van der Waals surface area contributed by atoms with Crippen molar-refractivity contribution >= 4 is 17.3 Å². The average molecular weight is 258 g/mol. The van der Waals surface area contributed by atoms with Crippen LogP contribution in [0.4, 0.5) is 5.69 Å². The Morgan fingerprint density at radius 2 is 2.35 bits per heavy atom. The number of rotatable bonds is 4. The van der Waals surface area contributed by atoms with E-state index in [9.17, 15) is 9.90 Å². The predicted octanol–water partition coefficient (Wildman–Crippen LogP) is 1.24. The summed E-state index contributed by atoms with van der Waals surface area (Å²) < 4.78 is 1.30. The number of halogens is 1. The largest absolute Gasteiger partial charge is 0.388 e.